The van der Waals surface area contributed by atoms with Crippen LogP contribution < -0.4 is 15.7 Å². The average molecular weight is 399 g/mol. The molecule has 2 aromatic rings. The van der Waals surface area contributed by atoms with Crippen molar-refractivity contribution in [3.8, 4) is 0 Å². The van der Waals surface area contributed by atoms with Crippen molar-refractivity contribution in [2.45, 2.75) is 26.3 Å². The number of nitrogens with zero attached hydrogens (tertiary/aromatic N) is 2. The molecule has 0 spiro atoms. The van der Waals surface area contributed by atoms with Gasteiger partial charge in [-0.2, -0.15) is 5.10 Å². The SMILES string of the molecule is CC(=O)Nc1c(NC(=O)c2ccnn2C)ccc(C2(C)C=C(C)C=C[NH+]2[O-])c1F. The van der Waals surface area contributed by atoms with Crippen LogP contribution in [0.3, 0.4) is 0 Å². The number of allylic oxidation sites excluding steroid dienone is 2. The van der Waals surface area contributed by atoms with E-state index in [1.54, 1.807) is 26.1 Å². The average Bonchev–Trinajstić information content (AvgIpc) is 3.07. The van der Waals surface area contributed by atoms with Gasteiger partial charge in [-0.25, -0.2) is 4.39 Å². The van der Waals surface area contributed by atoms with Gasteiger partial charge in [0.15, 0.2) is 5.82 Å². The normalized spacial score (nSPS) is 20.9. The number of anilines is 2. The Hall–Kier alpha value is -3.30. The molecule has 3 rings (SSSR count). The molecule has 1 aliphatic heterocycles. The van der Waals surface area contributed by atoms with Crippen LogP contribution in [-0.4, -0.2) is 21.6 Å². The Labute approximate surface area is 167 Å². The van der Waals surface area contributed by atoms with Crippen molar-refractivity contribution in [1.29, 1.82) is 0 Å². The fraction of sp³-hybridized carbons (Fsp3) is 0.250. The van der Waals surface area contributed by atoms with Gasteiger partial charge in [0.1, 0.15) is 16.9 Å². The number of rotatable bonds is 4. The summed E-state index contributed by atoms with van der Waals surface area (Å²) in [6.45, 7) is 4.67. The van der Waals surface area contributed by atoms with E-state index in [0.29, 0.717) is 0 Å². The second kappa shape index (κ2) is 7.61. The summed E-state index contributed by atoms with van der Waals surface area (Å²) in [4.78, 5) is 24.2. The number of carbonyl (C=O) groups excluding carboxylic acids is 2. The molecule has 3 N–H and O–H groups in total. The van der Waals surface area contributed by atoms with Gasteiger partial charge in [0.2, 0.25) is 5.91 Å². The monoisotopic (exact) mass is 399 g/mol. The summed E-state index contributed by atoms with van der Waals surface area (Å²) in [5.41, 5.74) is -0.146. The van der Waals surface area contributed by atoms with Crippen LogP contribution in [0, 0.1) is 11.0 Å². The molecule has 8 nitrogen and oxygen atoms in total. The van der Waals surface area contributed by atoms with Crippen molar-refractivity contribution in [3.05, 3.63) is 70.6 Å². The van der Waals surface area contributed by atoms with Crippen molar-refractivity contribution in [1.82, 2.24) is 9.78 Å². The fourth-order valence-corrected chi connectivity index (χ4v) is 3.33. The third-order valence-electron chi connectivity index (χ3n) is 4.83. The van der Waals surface area contributed by atoms with E-state index in [2.05, 4.69) is 15.7 Å². The Morgan fingerprint density at radius 2 is 2.00 bits per heavy atom. The van der Waals surface area contributed by atoms with Gasteiger partial charge >= 0.3 is 0 Å². The van der Waals surface area contributed by atoms with Gasteiger partial charge < -0.3 is 20.9 Å². The van der Waals surface area contributed by atoms with Crippen LogP contribution in [0.15, 0.2) is 48.3 Å². The summed E-state index contributed by atoms with van der Waals surface area (Å²) < 4.78 is 16.9. The maximum absolute atomic E-state index is 15.5. The number of amides is 2. The summed E-state index contributed by atoms with van der Waals surface area (Å²) in [7, 11) is 1.60. The summed E-state index contributed by atoms with van der Waals surface area (Å²) in [5, 5.41) is 21.2. The number of hydrogen-bond donors (Lipinski definition) is 3. The first-order valence-electron chi connectivity index (χ1n) is 8.95. The quantitative estimate of drug-likeness (QED) is 0.683. The first kappa shape index (κ1) is 20.4. The zero-order valence-electron chi connectivity index (χ0n) is 16.5. The minimum Gasteiger partial charge on any atom is -0.628 e. The molecule has 1 aromatic carbocycles. The Bertz CT molecular complexity index is 1040. The molecule has 0 bridgehead atoms. The molecule has 0 aliphatic carbocycles. The number of hydrogen-bond acceptors (Lipinski definition) is 4. The molecule has 0 radical (unpaired) electrons. The summed E-state index contributed by atoms with van der Waals surface area (Å²) in [6, 6.07) is 4.43. The number of aromatic nitrogens is 2. The highest BCUT2D eigenvalue weighted by atomic mass is 19.1. The molecule has 2 unspecified atom stereocenters. The molecule has 9 heteroatoms. The molecule has 2 amide bonds. The number of halogens is 1. The van der Waals surface area contributed by atoms with Crippen molar-refractivity contribution in [3.63, 3.8) is 0 Å². The predicted octanol–water partition coefficient (Wildman–Crippen LogP) is 1.84. The number of quaternary nitrogens is 1. The lowest BCUT2D eigenvalue weighted by Crippen LogP contribution is -3.10. The third kappa shape index (κ3) is 3.82. The minimum atomic E-state index is -1.22. The van der Waals surface area contributed by atoms with Crippen LogP contribution in [0.1, 0.15) is 36.8 Å². The fourth-order valence-electron chi connectivity index (χ4n) is 3.33. The minimum absolute atomic E-state index is 0.0794. The molecule has 0 fully saturated rings. The van der Waals surface area contributed by atoms with Crippen molar-refractivity contribution >= 4 is 23.2 Å². The van der Waals surface area contributed by atoms with Gasteiger partial charge in [-0.05, 0) is 49.8 Å². The summed E-state index contributed by atoms with van der Waals surface area (Å²) >= 11 is 0. The third-order valence-corrected chi connectivity index (χ3v) is 4.83. The molecule has 152 valence electrons. The number of hydroxylamine groups is 2. The number of nitrogens with one attached hydrogen (secondary N) is 3. The molecule has 1 aliphatic rings. The standard InChI is InChI=1S/C20H22FN5O3/c1-12-8-10-26(29)20(3,11-12)14-5-6-15(18(17(14)21)23-13(2)27)24-19(28)16-7-9-22-25(16)4/h5-11,26H,1-4H3,(H,23,27)(H,24,28). The van der Waals surface area contributed by atoms with E-state index >= 15 is 4.39 Å². The lowest BCUT2D eigenvalue weighted by atomic mass is 9.86. The number of benzene rings is 1. The maximum Gasteiger partial charge on any atom is 0.273 e. The Morgan fingerprint density at radius 3 is 2.62 bits per heavy atom. The van der Waals surface area contributed by atoms with Crippen molar-refractivity contribution < 1.29 is 19.0 Å². The summed E-state index contributed by atoms with van der Waals surface area (Å²) in [6.07, 6.45) is 6.22. The van der Waals surface area contributed by atoms with E-state index < -0.39 is 23.2 Å². The lowest BCUT2D eigenvalue weighted by Gasteiger charge is -2.39. The van der Waals surface area contributed by atoms with Crippen LogP contribution in [0.2, 0.25) is 0 Å². The highest BCUT2D eigenvalue weighted by Gasteiger charge is 2.36. The highest BCUT2D eigenvalue weighted by molar-refractivity contribution is 6.06. The van der Waals surface area contributed by atoms with Crippen LogP contribution in [0.4, 0.5) is 15.8 Å². The number of aryl methyl sites for hydroxylation is 1. The van der Waals surface area contributed by atoms with Crippen LogP contribution in [0.5, 0.6) is 0 Å². The molecule has 2 heterocycles. The molecule has 1 aromatic heterocycles. The topological polar surface area (TPSA) is 104 Å². The van der Waals surface area contributed by atoms with Crippen molar-refractivity contribution in [2.24, 2.45) is 7.05 Å². The van der Waals surface area contributed by atoms with Gasteiger partial charge in [0.05, 0.1) is 17.5 Å². The smallest absolute Gasteiger partial charge is 0.273 e. The number of carbonyl (C=O) groups is 2. The highest BCUT2D eigenvalue weighted by Crippen LogP contribution is 2.34. The van der Waals surface area contributed by atoms with E-state index in [-0.39, 0.29) is 27.7 Å². The van der Waals surface area contributed by atoms with Gasteiger partial charge in [-0.3, -0.25) is 14.3 Å². The molecular weight excluding hydrogens is 377 g/mol. The largest absolute Gasteiger partial charge is 0.628 e. The van der Waals surface area contributed by atoms with Crippen molar-refractivity contribution in [2.75, 3.05) is 10.6 Å². The Kier molecular flexibility index (Phi) is 5.36. The maximum atomic E-state index is 15.5. The van der Waals surface area contributed by atoms with Crippen LogP contribution in [0.25, 0.3) is 0 Å². The first-order valence-corrected chi connectivity index (χ1v) is 8.95. The molecule has 2 atom stereocenters. The Morgan fingerprint density at radius 1 is 1.28 bits per heavy atom. The van der Waals surface area contributed by atoms with E-state index in [1.165, 1.54) is 42.2 Å². The van der Waals surface area contributed by atoms with Gasteiger partial charge in [0.25, 0.3) is 5.91 Å². The lowest BCUT2D eigenvalue weighted by molar-refractivity contribution is -0.851. The van der Waals surface area contributed by atoms with E-state index in [9.17, 15) is 14.8 Å². The van der Waals surface area contributed by atoms with Gasteiger partial charge in [-0.1, -0.05) is 0 Å². The molecule has 29 heavy (non-hydrogen) atoms. The molecular formula is C20H22FN5O3. The molecule has 0 saturated carbocycles. The van der Waals surface area contributed by atoms with Crippen LogP contribution in [-0.2, 0) is 17.4 Å². The van der Waals surface area contributed by atoms with E-state index in [0.717, 1.165) is 5.57 Å². The zero-order chi connectivity index (χ0) is 21.3. The summed E-state index contributed by atoms with van der Waals surface area (Å²) in [5.74, 6) is -1.80. The van der Waals surface area contributed by atoms with E-state index in [1.807, 2.05) is 6.92 Å². The predicted molar refractivity (Wildman–Crippen MR) is 106 cm³/mol. The zero-order valence-corrected chi connectivity index (χ0v) is 16.5. The second-order valence-electron chi connectivity index (χ2n) is 7.11. The van der Waals surface area contributed by atoms with E-state index in [4.69, 9.17) is 0 Å². The van der Waals surface area contributed by atoms with Crippen LogP contribution >= 0.6 is 0 Å². The second-order valence-corrected chi connectivity index (χ2v) is 7.11. The Balaban J connectivity index is 2.07. The first-order chi connectivity index (χ1) is 13.6. The van der Waals surface area contributed by atoms with Gasteiger partial charge in [-0.15, -0.1) is 0 Å². The van der Waals surface area contributed by atoms with Gasteiger partial charge in [0, 0.05) is 20.2 Å². The molecule has 0 saturated heterocycles.